The van der Waals surface area contributed by atoms with Gasteiger partial charge < -0.3 is 25.7 Å². The summed E-state index contributed by atoms with van der Waals surface area (Å²) in [5.41, 5.74) is 17.8. The summed E-state index contributed by atoms with van der Waals surface area (Å²) in [6.45, 7) is 1.10. The predicted octanol–water partition coefficient (Wildman–Crippen LogP) is 4.22. The molecule has 0 atom stereocenters. The van der Waals surface area contributed by atoms with Gasteiger partial charge in [0.15, 0.2) is 0 Å². The Hall–Kier alpha value is -3.61. The third kappa shape index (κ3) is 4.60. The maximum atomic E-state index is 11.2. The fourth-order valence-electron chi connectivity index (χ4n) is 3.64. The average molecular weight is 416 g/mol. The van der Waals surface area contributed by atoms with Crippen LogP contribution < -0.4 is 16.2 Å². The molecular formula is C25H24N2O4. The predicted molar refractivity (Wildman–Crippen MR) is 120 cm³/mol. The van der Waals surface area contributed by atoms with Crippen molar-refractivity contribution in [3.05, 3.63) is 89.2 Å². The Kier molecular flexibility index (Phi) is 6.02. The third-order valence-electron chi connectivity index (χ3n) is 5.19. The standard InChI is InChI=1S/C25H24N2O4/c26-13-16-2-1-3-19(8-16)22-10-18(9-21-6-7-30-25(21)22)15-31-23-11-17(14-27)4-5-20(23)12-24(28)29/h1-11H,12-15,26-27H2,(H,28,29). The normalized spacial score (nSPS) is 11.0. The molecule has 0 unspecified atom stereocenters. The summed E-state index contributed by atoms with van der Waals surface area (Å²) < 4.78 is 11.8. The first-order chi connectivity index (χ1) is 15.1. The lowest BCUT2D eigenvalue weighted by molar-refractivity contribution is -0.136. The van der Waals surface area contributed by atoms with Crippen molar-refractivity contribution >= 4 is 16.9 Å². The van der Waals surface area contributed by atoms with Crippen molar-refractivity contribution in [1.82, 2.24) is 0 Å². The van der Waals surface area contributed by atoms with Crippen LogP contribution in [0.15, 0.2) is 71.3 Å². The van der Waals surface area contributed by atoms with Crippen LogP contribution in [0.25, 0.3) is 22.1 Å². The first-order valence-electron chi connectivity index (χ1n) is 10.0. The Morgan fingerprint density at radius 2 is 1.74 bits per heavy atom. The molecule has 4 rings (SSSR count). The van der Waals surface area contributed by atoms with Gasteiger partial charge in [-0.15, -0.1) is 0 Å². The minimum atomic E-state index is -0.910. The summed E-state index contributed by atoms with van der Waals surface area (Å²) in [6.07, 6.45) is 1.55. The average Bonchev–Trinajstić information content (AvgIpc) is 3.26. The number of ether oxygens (including phenoxy) is 1. The lowest BCUT2D eigenvalue weighted by Gasteiger charge is -2.13. The van der Waals surface area contributed by atoms with E-state index in [0.29, 0.717) is 24.4 Å². The van der Waals surface area contributed by atoms with E-state index in [-0.39, 0.29) is 13.0 Å². The van der Waals surface area contributed by atoms with Gasteiger partial charge in [-0.3, -0.25) is 4.79 Å². The van der Waals surface area contributed by atoms with Crippen molar-refractivity contribution in [3.8, 4) is 16.9 Å². The molecule has 5 N–H and O–H groups in total. The van der Waals surface area contributed by atoms with E-state index in [2.05, 4.69) is 6.07 Å². The second-order valence-electron chi connectivity index (χ2n) is 7.39. The molecule has 0 fully saturated rings. The summed E-state index contributed by atoms with van der Waals surface area (Å²) in [6, 6.07) is 19.4. The molecule has 0 aliphatic carbocycles. The molecule has 158 valence electrons. The maximum Gasteiger partial charge on any atom is 0.307 e. The Morgan fingerprint density at radius 3 is 2.52 bits per heavy atom. The summed E-state index contributed by atoms with van der Waals surface area (Å²) >= 11 is 0. The van der Waals surface area contributed by atoms with Crippen LogP contribution in [0, 0.1) is 0 Å². The molecule has 1 heterocycles. The highest BCUT2D eigenvalue weighted by molar-refractivity contribution is 5.93. The van der Waals surface area contributed by atoms with Gasteiger partial charge in [0.25, 0.3) is 0 Å². The van der Waals surface area contributed by atoms with Crippen molar-refractivity contribution in [1.29, 1.82) is 0 Å². The lowest BCUT2D eigenvalue weighted by Crippen LogP contribution is -2.06. The van der Waals surface area contributed by atoms with E-state index in [1.807, 2.05) is 42.5 Å². The lowest BCUT2D eigenvalue weighted by atomic mass is 9.99. The van der Waals surface area contributed by atoms with Crippen LogP contribution in [0.5, 0.6) is 5.75 Å². The Morgan fingerprint density at radius 1 is 0.935 bits per heavy atom. The molecule has 0 saturated heterocycles. The van der Waals surface area contributed by atoms with Gasteiger partial charge in [0.2, 0.25) is 0 Å². The molecule has 4 aromatic rings. The summed E-state index contributed by atoms with van der Waals surface area (Å²) in [5.74, 6) is -0.378. The van der Waals surface area contributed by atoms with Crippen molar-refractivity contribution in [3.63, 3.8) is 0 Å². The zero-order valence-corrected chi connectivity index (χ0v) is 17.0. The third-order valence-corrected chi connectivity index (χ3v) is 5.19. The molecule has 3 aromatic carbocycles. The number of rotatable bonds is 8. The Labute approximate surface area is 180 Å². The van der Waals surface area contributed by atoms with Crippen LogP contribution >= 0.6 is 0 Å². The number of aliphatic carboxylic acids is 1. The Bertz CT molecular complexity index is 1230. The molecule has 1 aromatic heterocycles. The van der Waals surface area contributed by atoms with Crippen LogP contribution in [0.1, 0.15) is 22.3 Å². The number of nitrogens with two attached hydrogens (primary N) is 2. The first-order valence-corrected chi connectivity index (χ1v) is 10.0. The number of carboxylic acids is 1. The molecule has 6 heteroatoms. The minimum Gasteiger partial charge on any atom is -0.489 e. The van der Waals surface area contributed by atoms with Crippen LogP contribution in [0.4, 0.5) is 0 Å². The van der Waals surface area contributed by atoms with Crippen molar-refractivity contribution < 1.29 is 19.1 Å². The molecular weight excluding hydrogens is 392 g/mol. The van der Waals surface area contributed by atoms with E-state index >= 15 is 0 Å². The molecule has 31 heavy (non-hydrogen) atoms. The quantitative estimate of drug-likeness (QED) is 0.396. The van der Waals surface area contributed by atoms with Crippen LogP contribution in [-0.2, 0) is 30.9 Å². The highest BCUT2D eigenvalue weighted by Gasteiger charge is 2.13. The summed E-state index contributed by atoms with van der Waals surface area (Å²) in [4.78, 5) is 11.2. The zero-order chi connectivity index (χ0) is 21.8. The van der Waals surface area contributed by atoms with Crippen LogP contribution in [0.3, 0.4) is 0 Å². The highest BCUT2D eigenvalue weighted by Crippen LogP contribution is 2.32. The number of hydrogen-bond acceptors (Lipinski definition) is 5. The van der Waals surface area contributed by atoms with Gasteiger partial charge in [0.1, 0.15) is 17.9 Å². The van der Waals surface area contributed by atoms with Crippen LogP contribution in [0.2, 0.25) is 0 Å². The summed E-state index contributed by atoms with van der Waals surface area (Å²) in [5, 5.41) is 10.2. The van der Waals surface area contributed by atoms with Gasteiger partial charge >= 0.3 is 5.97 Å². The van der Waals surface area contributed by atoms with E-state index in [9.17, 15) is 9.90 Å². The van der Waals surface area contributed by atoms with Gasteiger partial charge in [0, 0.05) is 29.6 Å². The largest absolute Gasteiger partial charge is 0.489 e. The second-order valence-corrected chi connectivity index (χ2v) is 7.39. The van der Waals surface area contributed by atoms with Crippen LogP contribution in [-0.4, -0.2) is 11.1 Å². The molecule has 0 bridgehead atoms. The van der Waals surface area contributed by atoms with Gasteiger partial charge in [-0.2, -0.15) is 0 Å². The van der Waals surface area contributed by atoms with E-state index in [0.717, 1.165) is 38.8 Å². The number of hydrogen-bond donors (Lipinski definition) is 3. The first kappa shape index (κ1) is 20.7. The summed E-state index contributed by atoms with van der Waals surface area (Å²) in [7, 11) is 0. The Balaban J connectivity index is 1.68. The smallest absolute Gasteiger partial charge is 0.307 e. The fraction of sp³-hybridized carbons (Fsp3) is 0.160. The number of carboxylic acid groups (broad SMARTS) is 1. The molecule has 0 radical (unpaired) electrons. The van der Waals surface area contributed by atoms with E-state index in [4.69, 9.17) is 20.6 Å². The molecule has 0 aliphatic heterocycles. The van der Waals surface area contributed by atoms with E-state index in [1.54, 1.807) is 18.4 Å². The van der Waals surface area contributed by atoms with Gasteiger partial charge in [-0.1, -0.05) is 30.3 Å². The number of fused-ring (bicyclic) bond motifs is 1. The number of furan rings is 1. The zero-order valence-electron chi connectivity index (χ0n) is 17.0. The molecule has 0 amide bonds. The van der Waals surface area contributed by atoms with Gasteiger partial charge in [-0.05, 0) is 52.6 Å². The fourth-order valence-corrected chi connectivity index (χ4v) is 3.64. The second kappa shape index (κ2) is 9.04. The van der Waals surface area contributed by atoms with Crippen molar-refractivity contribution in [2.75, 3.05) is 0 Å². The SMILES string of the molecule is NCc1cccc(-c2cc(COc3cc(CN)ccc3CC(=O)O)cc3ccoc23)c1. The maximum absolute atomic E-state index is 11.2. The minimum absolute atomic E-state index is 0.113. The monoisotopic (exact) mass is 416 g/mol. The topological polar surface area (TPSA) is 112 Å². The molecule has 0 aliphatic rings. The van der Waals surface area contributed by atoms with E-state index in [1.165, 1.54) is 0 Å². The van der Waals surface area contributed by atoms with Crippen molar-refractivity contribution in [2.24, 2.45) is 11.5 Å². The van der Waals surface area contributed by atoms with Crippen molar-refractivity contribution in [2.45, 2.75) is 26.1 Å². The molecule has 6 nitrogen and oxygen atoms in total. The van der Waals surface area contributed by atoms with E-state index < -0.39 is 5.97 Å². The van der Waals surface area contributed by atoms with Gasteiger partial charge in [-0.25, -0.2) is 0 Å². The number of carbonyl (C=O) groups is 1. The van der Waals surface area contributed by atoms with Gasteiger partial charge in [0.05, 0.1) is 12.7 Å². The molecule has 0 saturated carbocycles. The highest BCUT2D eigenvalue weighted by atomic mass is 16.5. The molecule has 0 spiro atoms. The number of benzene rings is 3.